The van der Waals surface area contributed by atoms with Gasteiger partial charge in [-0.15, -0.1) is 0 Å². The van der Waals surface area contributed by atoms with E-state index >= 15 is 0 Å². The molecule has 0 saturated heterocycles. The molecule has 0 aliphatic heterocycles. The van der Waals surface area contributed by atoms with E-state index in [1.54, 1.807) is 0 Å². The molecule has 0 aliphatic carbocycles. The number of carbonyl (C=O) groups excluding carboxylic acids is 1. The lowest BCUT2D eigenvalue weighted by molar-refractivity contribution is -0.107. The fourth-order valence-electron chi connectivity index (χ4n) is 3.33. The van der Waals surface area contributed by atoms with Crippen LogP contribution in [0.1, 0.15) is 40.9 Å². The maximum Gasteiger partial charge on any atom is 0.134 e. The normalized spacial score (nSPS) is 10.8. The Hall–Kier alpha value is -2.81. The van der Waals surface area contributed by atoms with Crippen LogP contribution in [-0.2, 0) is 17.6 Å². The molecule has 28 heavy (non-hydrogen) atoms. The van der Waals surface area contributed by atoms with E-state index in [1.807, 2.05) is 13.0 Å². The van der Waals surface area contributed by atoms with Gasteiger partial charge in [-0.2, -0.15) is 0 Å². The summed E-state index contributed by atoms with van der Waals surface area (Å²) in [6.07, 6.45) is 4.18. The summed E-state index contributed by atoms with van der Waals surface area (Å²) in [4.78, 5) is 10.5. The van der Waals surface area contributed by atoms with E-state index in [0.29, 0.717) is 13.0 Å². The Kier molecular flexibility index (Phi) is 6.70. The van der Waals surface area contributed by atoms with Gasteiger partial charge in [0.05, 0.1) is 6.61 Å². The molecule has 0 atom stereocenters. The van der Waals surface area contributed by atoms with Gasteiger partial charge < -0.3 is 13.9 Å². The largest absolute Gasteiger partial charge is 0.494 e. The Morgan fingerprint density at radius 2 is 1.71 bits per heavy atom. The van der Waals surface area contributed by atoms with Crippen molar-refractivity contribution >= 4 is 6.29 Å². The highest BCUT2D eigenvalue weighted by molar-refractivity contribution is 5.59. The highest BCUT2D eigenvalue weighted by atomic mass is 16.5. The van der Waals surface area contributed by atoms with Crippen molar-refractivity contribution < 1.29 is 13.9 Å². The molecule has 0 radical (unpaired) electrons. The van der Waals surface area contributed by atoms with E-state index in [-0.39, 0.29) is 0 Å². The predicted molar refractivity (Wildman–Crippen MR) is 113 cm³/mol. The lowest BCUT2D eigenvalue weighted by Gasteiger charge is -2.09. The molecule has 146 valence electrons. The molecule has 3 nitrogen and oxygen atoms in total. The quantitative estimate of drug-likeness (QED) is 0.339. The molecular formula is C25H28O3. The summed E-state index contributed by atoms with van der Waals surface area (Å²) in [5.41, 5.74) is 5.97. The molecule has 0 fully saturated rings. The van der Waals surface area contributed by atoms with Gasteiger partial charge >= 0.3 is 0 Å². The zero-order chi connectivity index (χ0) is 19.9. The number of carbonyl (C=O) groups is 1. The number of rotatable bonds is 9. The van der Waals surface area contributed by atoms with Crippen LogP contribution in [0, 0.1) is 20.8 Å². The van der Waals surface area contributed by atoms with Gasteiger partial charge in [-0.25, -0.2) is 0 Å². The Morgan fingerprint density at radius 3 is 2.43 bits per heavy atom. The molecule has 1 heterocycles. The minimum Gasteiger partial charge on any atom is -0.494 e. The maximum absolute atomic E-state index is 10.5. The van der Waals surface area contributed by atoms with Crippen LogP contribution in [0.2, 0.25) is 0 Å². The van der Waals surface area contributed by atoms with Crippen molar-refractivity contribution in [3.63, 3.8) is 0 Å². The van der Waals surface area contributed by atoms with Gasteiger partial charge in [0.1, 0.15) is 23.6 Å². The topological polar surface area (TPSA) is 39.4 Å². The lowest BCUT2D eigenvalue weighted by Crippen LogP contribution is -2.00. The van der Waals surface area contributed by atoms with Crippen LogP contribution in [0.3, 0.4) is 0 Å². The molecule has 2 aromatic carbocycles. The number of ether oxygens (including phenoxy) is 1. The second kappa shape index (κ2) is 9.41. The Morgan fingerprint density at radius 1 is 0.929 bits per heavy atom. The molecule has 0 bridgehead atoms. The zero-order valence-corrected chi connectivity index (χ0v) is 17.0. The first kappa shape index (κ1) is 19.9. The van der Waals surface area contributed by atoms with Crippen LogP contribution in [0.4, 0.5) is 0 Å². The van der Waals surface area contributed by atoms with Gasteiger partial charge in [-0.05, 0) is 74.9 Å². The Balaban J connectivity index is 1.52. The minimum atomic E-state index is 0.565. The van der Waals surface area contributed by atoms with E-state index < -0.39 is 0 Å². The first-order valence-electron chi connectivity index (χ1n) is 9.89. The molecule has 3 aromatic rings. The summed E-state index contributed by atoms with van der Waals surface area (Å²) in [7, 11) is 0. The van der Waals surface area contributed by atoms with Crippen molar-refractivity contribution in [2.24, 2.45) is 0 Å². The van der Waals surface area contributed by atoms with E-state index in [2.05, 4.69) is 56.3 Å². The standard InChI is InChI=1S/C25H28O3/c1-18-8-10-22(11-9-18)25-17-23(20(3)28-25)7-5-15-27-24-13-12-21(6-4-14-26)19(2)16-24/h8-14,16-17H,4-7,15H2,1-3H3. The SMILES string of the molecule is Cc1ccc(-c2cc(CCCOc3ccc(CCC=O)c(C)c3)c(C)o2)cc1. The minimum absolute atomic E-state index is 0.565. The fraction of sp³-hybridized carbons (Fsp3) is 0.320. The number of aldehydes is 1. The molecule has 3 rings (SSSR count). The van der Waals surface area contributed by atoms with Gasteiger partial charge in [0.25, 0.3) is 0 Å². The Labute approximate surface area is 167 Å². The third-order valence-corrected chi connectivity index (χ3v) is 5.06. The van der Waals surface area contributed by atoms with Crippen molar-refractivity contribution in [1.82, 2.24) is 0 Å². The van der Waals surface area contributed by atoms with E-state index in [0.717, 1.165) is 48.4 Å². The monoisotopic (exact) mass is 376 g/mol. The average molecular weight is 376 g/mol. The number of benzene rings is 2. The third-order valence-electron chi connectivity index (χ3n) is 5.06. The van der Waals surface area contributed by atoms with E-state index in [1.165, 1.54) is 22.3 Å². The summed E-state index contributed by atoms with van der Waals surface area (Å²) in [5.74, 6) is 2.79. The van der Waals surface area contributed by atoms with Crippen molar-refractivity contribution in [3.8, 4) is 17.1 Å². The smallest absolute Gasteiger partial charge is 0.134 e. The molecular weight excluding hydrogens is 348 g/mol. The molecule has 0 aliphatic rings. The van der Waals surface area contributed by atoms with Crippen LogP contribution < -0.4 is 4.74 Å². The molecule has 0 spiro atoms. The molecule has 1 aromatic heterocycles. The average Bonchev–Trinajstić information content (AvgIpc) is 3.06. The van der Waals surface area contributed by atoms with Crippen molar-refractivity contribution in [2.45, 2.75) is 46.5 Å². The summed E-state index contributed by atoms with van der Waals surface area (Å²) < 4.78 is 11.9. The molecule has 0 N–H and O–H groups in total. The summed E-state index contributed by atoms with van der Waals surface area (Å²) in [5, 5.41) is 0. The van der Waals surface area contributed by atoms with Crippen LogP contribution >= 0.6 is 0 Å². The maximum atomic E-state index is 10.5. The molecule has 0 amide bonds. The van der Waals surface area contributed by atoms with Gasteiger partial charge in [-0.3, -0.25) is 0 Å². The number of furan rings is 1. The molecule has 0 unspecified atom stereocenters. The highest BCUT2D eigenvalue weighted by Crippen LogP contribution is 2.26. The molecule has 0 saturated carbocycles. The van der Waals surface area contributed by atoms with Crippen molar-refractivity contribution in [1.29, 1.82) is 0 Å². The van der Waals surface area contributed by atoms with Crippen LogP contribution in [0.25, 0.3) is 11.3 Å². The van der Waals surface area contributed by atoms with E-state index in [4.69, 9.17) is 9.15 Å². The van der Waals surface area contributed by atoms with Gasteiger partial charge in [0.2, 0.25) is 0 Å². The number of aryl methyl sites for hydroxylation is 5. The molecule has 3 heteroatoms. The van der Waals surface area contributed by atoms with E-state index in [9.17, 15) is 4.79 Å². The van der Waals surface area contributed by atoms with Crippen molar-refractivity contribution in [2.75, 3.05) is 6.61 Å². The zero-order valence-electron chi connectivity index (χ0n) is 17.0. The summed E-state index contributed by atoms with van der Waals surface area (Å²) >= 11 is 0. The third kappa shape index (κ3) is 5.13. The van der Waals surface area contributed by atoms with Crippen LogP contribution in [0.15, 0.2) is 52.9 Å². The second-order valence-corrected chi connectivity index (χ2v) is 7.30. The van der Waals surface area contributed by atoms with Gasteiger partial charge in [0.15, 0.2) is 0 Å². The number of hydrogen-bond acceptors (Lipinski definition) is 3. The van der Waals surface area contributed by atoms with Crippen molar-refractivity contribution in [3.05, 3.63) is 76.5 Å². The summed E-state index contributed by atoms with van der Waals surface area (Å²) in [6, 6.07) is 16.7. The first-order valence-corrected chi connectivity index (χ1v) is 9.89. The van der Waals surface area contributed by atoms with Gasteiger partial charge in [0, 0.05) is 12.0 Å². The lowest BCUT2D eigenvalue weighted by atomic mass is 10.0. The second-order valence-electron chi connectivity index (χ2n) is 7.30. The highest BCUT2D eigenvalue weighted by Gasteiger charge is 2.09. The van der Waals surface area contributed by atoms with Crippen LogP contribution in [0.5, 0.6) is 5.75 Å². The Bertz CT molecular complexity index is 919. The predicted octanol–water partition coefficient (Wildman–Crippen LogP) is 6.01. The van der Waals surface area contributed by atoms with Gasteiger partial charge in [-0.1, -0.05) is 35.9 Å². The van der Waals surface area contributed by atoms with Crippen LogP contribution in [-0.4, -0.2) is 12.9 Å². The fourth-order valence-corrected chi connectivity index (χ4v) is 3.33. The first-order chi connectivity index (χ1) is 13.6. The summed E-state index contributed by atoms with van der Waals surface area (Å²) in [6.45, 7) is 6.84. The number of hydrogen-bond donors (Lipinski definition) is 0.